The number of aryl methyl sites for hydroxylation is 1. The second-order valence-electron chi connectivity index (χ2n) is 9.52. The number of anilines is 1. The Morgan fingerprint density at radius 3 is 2.76 bits per heavy atom. The number of carbonyl (C=O) groups excluding carboxylic acids is 1. The van der Waals surface area contributed by atoms with Crippen molar-refractivity contribution in [2.24, 2.45) is 10.8 Å². The van der Waals surface area contributed by atoms with Crippen LogP contribution < -0.4 is 4.90 Å². The number of nitrogens with zero attached hydrogens (tertiary/aromatic N) is 3. The number of thiophene rings is 1. The molecule has 1 saturated carbocycles. The molecule has 4 rings (SSSR count). The Kier molecular flexibility index (Phi) is 5.28. The summed E-state index contributed by atoms with van der Waals surface area (Å²) in [5.74, 6) is 0.508. The first-order chi connectivity index (χ1) is 13.6. The van der Waals surface area contributed by atoms with Gasteiger partial charge in [0.2, 0.25) is 5.28 Å². The molecule has 29 heavy (non-hydrogen) atoms. The molecule has 2 aromatic heterocycles. The van der Waals surface area contributed by atoms with Gasteiger partial charge in [-0.15, -0.1) is 11.3 Å². The van der Waals surface area contributed by atoms with Gasteiger partial charge in [0.25, 0.3) is 0 Å². The van der Waals surface area contributed by atoms with Crippen LogP contribution in [0.3, 0.4) is 0 Å². The zero-order chi connectivity index (χ0) is 21.0. The lowest BCUT2D eigenvalue weighted by Gasteiger charge is -2.39. The van der Waals surface area contributed by atoms with Crippen molar-refractivity contribution in [1.29, 1.82) is 0 Å². The molecule has 1 saturated heterocycles. The van der Waals surface area contributed by atoms with Crippen LogP contribution in [-0.4, -0.2) is 48.8 Å². The number of methoxy groups -OCH3 is 1. The van der Waals surface area contributed by atoms with Crippen LogP contribution in [0.15, 0.2) is 0 Å². The predicted molar refractivity (Wildman–Crippen MR) is 116 cm³/mol. The molecule has 3 heterocycles. The van der Waals surface area contributed by atoms with E-state index in [4.69, 9.17) is 21.1 Å². The smallest absolute Gasteiger partial charge is 0.348 e. The van der Waals surface area contributed by atoms with Crippen molar-refractivity contribution in [3.8, 4) is 0 Å². The highest BCUT2D eigenvalue weighted by molar-refractivity contribution is 7.20. The Balaban J connectivity index is 1.75. The second kappa shape index (κ2) is 7.36. The average molecular weight is 438 g/mol. The van der Waals surface area contributed by atoms with Gasteiger partial charge >= 0.3 is 5.97 Å². The summed E-state index contributed by atoms with van der Waals surface area (Å²) in [5, 5.41) is 1.14. The maximum absolute atomic E-state index is 12.6. The minimum absolute atomic E-state index is 0.221. The molecule has 2 atom stereocenters. The van der Waals surface area contributed by atoms with Crippen molar-refractivity contribution in [3.63, 3.8) is 0 Å². The Morgan fingerprint density at radius 2 is 2.03 bits per heavy atom. The topological polar surface area (TPSA) is 64.5 Å². The van der Waals surface area contributed by atoms with Crippen molar-refractivity contribution in [2.45, 2.75) is 53.0 Å². The average Bonchev–Trinajstić information content (AvgIpc) is 3.07. The molecule has 1 aliphatic carbocycles. The molecule has 2 unspecified atom stereocenters. The van der Waals surface area contributed by atoms with Crippen LogP contribution in [0.4, 0.5) is 5.82 Å². The molecular formula is C21H28ClN3O3S. The zero-order valence-corrected chi connectivity index (χ0v) is 19.2. The van der Waals surface area contributed by atoms with E-state index in [1.807, 2.05) is 6.92 Å². The van der Waals surface area contributed by atoms with E-state index >= 15 is 0 Å². The number of ether oxygens (including phenoxy) is 2. The quantitative estimate of drug-likeness (QED) is 0.378. The second-order valence-corrected chi connectivity index (χ2v) is 10.9. The lowest BCUT2D eigenvalue weighted by atomic mass is 9.65. The van der Waals surface area contributed by atoms with Crippen molar-refractivity contribution >= 4 is 44.9 Å². The summed E-state index contributed by atoms with van der Waals surface area (Å²) >= 11 is 7.63. The lowest BCUT2D eigenvalue weighted by molar-refractivity contribution is 0.0393. The van der Waals surface area contributed by atoms with Crippen LogP contribution in [0.5, 0.6) is 0 Å². The zero-order valence-electron chi connectivity index (χ0n) is 17.7. The molecule has 158 valence electrons. The van der Waals surface area contributed by atoms with E-state index in [0.29, 0.717) is 22.9 Å². The van der Waals surface area contributed by atoms with E-state index in [9.17, 15) is 4.79 Å². The number of hydrogen-bond acceptors (Lipinski definition) is 7. The molecule has 8 heteroatoms. The summed E-state index contributed by atoms with van der Waals surface area (Å²) in [6.07, 6.45) is 3.49. The monoisotopic (exact) mass is 437 g/mol. The summed E-state index contributed by atoms with van der Waals surface area (Å²) in [6.45, 7) is 10.6. The molecule has 0 amide bonds. The fourth-order valence-corrected chi connectivity index (χ4v) is 6.77. The summed E-state index contributed by atoms with van der Waals surface area (Å²) in [5.41, 5.74) is 1.44. The first-order valence-corrected chi connectivity index (χ1v) is 11.2. The Labute approximate surface area is 180 Å². The third kappa shape index (κ3) is 3.84. The number of halogens is 1. The summed E-state index contributed by atoms with van der Waals surface area (Å²) in [4.78, 5) is 25.3. The maximum Gasteiger partial charge on any atom is 0.348 e. The summed E-state index contributed by atoms with van der Waals surface area (Å²) in [7, 11) is 1.58. The van der Waals surface area contributed by atoms with Crippen LogP contribution >= 0.6 is 22.9 Å². The SMILES string of the molecule is COCCOC(=O)c1sc2nc(Cl)nc(N3CC4(C)CC3CC(C)(C)C4)c2c1C. The van der Waals surface area contributed by atoms with E-state index in [0.717, 1.165) is 41.0 Å². The van der Waals surface area contributed by atoms with Gasteiger partial charge in [-0.1, -0.05) is 20.8 Å². The number of rotatable bonds is 5. The number of carbonyl (C=O) groups is 1. The fraction of sp³-hybridized carbons (Fsp3) is 0.667. The minimum Gasteiger partial charge on any atom is -0.459 e. The predicted octanol–water partition coefficient (Wildman–Crippen LogP) is 4.86. The Bertz CT molecular complexity index is 960. The van der Waals surface area contributed by atoms with E-state index in [1.165, 1.54) is 17.8 Å². The molecule has 0 radical (unpaired) electrons. The number of hydrogen-bond donors (Lipinski definition) is 0. The lowest BCUT2D eigenvalue weighted by Crippen LogP contribution is -2.35. The number of esters is 1. The number of fused-ring (bicyclic) bond motifs is 3. The standard InChI is InChI=1S/C21H28ClN3O3S/c1-12-14-16(25-11-21(4)9-13(25)8-20(2,3)10-21)23-19(22)24-17(14)29-15(12)18(26)28-7-6-27-5/h13H,6-11H2,1-5H3. The number of aromatic nitrogens is 2. The van der Waals surface area contributed by atoms with E-state index in [1.54, 1.807) is 7.11 Å². The third-order valence-corrected chi connectivity index (χ3v) is 7.47. The van der Waals surface area contributed by atoms with E-state index < -0.39 is 0 Å². The van der Waals surface area contributed by atoms with Crippen molar-refractivity contribution in [1.82, 2.24) is 9.97 Å². The molecule has 2 aromatic rings. The van der Waals surface area contributed by atoms with Gasteiger partial charge in [0.1, 0.15) is 22.1 Å². The van der Waals surface area contributed by atoms with Gasteiger partial charge in [0.05, 0.1) is 12.0 Å². The van der Waals surface area contributed by atoms with Crippen LogP contribution in [0, 0.1) is 17.8 Å². The molecular weight excluding hydrogens is 410 g/mol. The van der Waals surface area contributed by atoms with Gasteiger partial charge in [-0.3, -0.25) is 0 Å². The largest absolute Gasteiger partial charge is 0.459 e. The van der Waals surface area contributed by atoms with Crippen LogP contribution in [0.1, 0.15) is 55.3 Å². The molecule has 1 aliphatic heterocycles. The summed E-state index contributed by atoms with van der Waals surface area (Å²) in [6, 6.07) is 0.425. The van der Waals surface area contributed by atoms with Gasteiger partial charge in [-0.25, -0.2) is 9.78 Å². The molecule has 0 aromatic carbocycles. The van der Waals surface area contributed by atoms with E-state index in [2.05, 4.69) is 35.6 Å². The first-order valence-electron chi connectivity index (χ1n) is 10.0. The first kappa shape index (κ1) is 20.8. The highest BCUT2D eigenvalue weighted by atomic mass is 35.5. The molecule has 2 fully saturated rings. The molecule has 6 nitrogen and oxygen atoms in total. The van der Waals surface area contributed by atoms with Gasteiger partial charge in [0.15, 0.2) is 0 Å². The maximum atomic E-state index is 12.6. The molecule has 2 aliphatic rings. The Hall–Kier alpha value is -1.44. The van der Waals surface area contributed by atoms with Gasteiger partial charge in [0, 0.05) is 19.7 Å². The van der Waals surface area contributed by atoms with Crippen molar-refractivity contribution < 1.29 is 14.3 Å². The van der Waals surface area contributed by atoms with Crippen LogP contribution in [0.25, 0.3) is 10.2 Å². The van der Waals surface area contributed by atoms with Crippen molar-refractivity contribution in [3.05, 3.63) is 15.7 Å². The fourth-order valence-electron chi connectivity index (χ4n) is 5.49. The van der Waals surface area contributed by atoms with Crippen LogP contribution in [0.2, 0.25) is 5.28 Å². The van der Waals surface area contributed by atoms with Gasteiger partial charge in [-0.05, 0) is 54.2 Å². The third-order valence-electron chi connectivity index (χ3n) is 6.14. The van der Waals surface area contributed by atoms with Gasteiger partial charge in [-0.2, -0.15) is 4.98 Å². The minimum atomic E-state index is -0.349. The van der Waals surface area contributed by atoms with Crippen LogP contribution in [-0.2, 0) is 9.47 Å². The van der Waals surface area contributed by atoms with Crippen molar-refractivity contribution in [2.75, 3.05) is 31.8 Å². The molecule has 2 bridgehead atoms. The highest BCUT2D eigenvalue weighted by Crippen LogP contribution is 2.54. The Morgan fingerprint density at radius 1 is 1.28 bits per heavy atom. The molecule has 0 spiro atoms. The van der Waals surface area contributed by atoms with E-state index in [-0.39, 0.29) is 23.3 Å². The normalized spacial score (nSPS) is 25.6. The summed E-state index contributed by atoms with van der Waals surface area (Å²) < 4.78 is 10.3. The van der Waals surface area contributed by atoms with Gasteiger partial charge < -0.3 is 14.4 Å². The molecule has 0 N–H and O–H groups in total. The highest BCUT2D eigenvalue weighted by Gasteiger charge is 2.50.